The highest BCUT2D eigenvalue weighted by Gasteiger charge is 2.18. The zero-order valence-electron chi connectivity index (χ0n) is 16.6. The summed E-state index contributed by atoms with van der Waals surface area (Å²) in [6.07, 6.45) is 1.32. The molecule has 9 heteroatoms. The number of nitriles is 1. The van der Waals surface area contributed by atoms with Gasteiger partial charge in [-0.3, -0.25) is 19.1 Å². The number of nitrogens with one attached hydrogen (secondary N) is 1. The van der Waals surface area contributed by atoms with E-state index in [1.807, 2.05) is 0 Å². The Morgan fingerprint density at radius 3 is 2.59 bits per heavy atom. The van der Waals surface area contributed by atoms with E-state index in [9.17, 15) is 20.0 Å². The number of benzene rings is 2. The number of hydrogen-bond acceptors (Lipinski definition) is 5. The molecule has 0 aliphatic heterocycles. The molecule has 2 N–H and O–H groups in total. The molecule has 3 heterocycles. The molecule has 0 aliphatic rings. The first-order chi connectivity index (χ1) is 15.4. The summed E-state index contributed by atoms with van der Waals surface area (Å²) >= 11 is 3.35. The van der Waals surface area contributed by atoms with E-state index >= 15 is 0 Å². The molecule has 0 fully saturated rings. The predicted molar refractivity (Wildman–Crippen MR) is 123 cm³/mol. The maximum atomic E-state index is 13.4. The van der Waals surface area contributed by atoms with Crippen LogP contribution in [0.5, 0.6) is 5.88 Å². The Morgan fingerprint density at radius 2 is 1.88 bits per heavy atom. The smallest absolute Gasteiger partial charge is 0.275 e. The van der Waals surface area contributed by atoms with Crippen molar-refractivity contribution in [3.63, 3.8) is 0 Å². The molecule has 5 rings (SSSR count). The molecule has 0 spiro atoms. The van der Waals surface area contributed by atoms with Gasteiger partial charge in [0.1, 0.15) is 11.6 Å². The van der Waals surface area contributed by atoms with Gasteiger partial charge in [0.05, 0.1) is 22.3 Å². The summed E-state index contributed by atoms with van der Waals surface area (Å²) in [6, 6.07) is 16.2. The molecular weight excluding hydrogens is 474 g/mol. The molecule has 0 atom stereocenters. The number of aromatic hydroxyl groups is 1. The van der Waals surface area contributed by atoms with Gasteiger partial charge in [0, 0.05) is 9.69 Å². The predicted octanol–water partition coefficient (Wildman–Crippen LogP) is 2.52. The van der Waals surface area contributed by atoms with Crippen LogP contribution in [-0.2, 0) is 0 Å². The summed E-state index contributed by atoms with van der Waals surface area (Å²) in [5, 5.41) is 23.2. The monoisotopic (exact) mass is 487 g/mol. The second-order valence-electron chi connectivity index (χ2n) is 7.22. The molecule has 0 saturated carbocycles. The average molecular weight is 488 g/mol. The third kappa shape index (κ3) is 2.85. The number of H-pyrrole nitrogens is 1. The lowest BCUT2D eigenvalue weighted by molar-refractivity contribution is 0.432. The summed E-state index contributed by atoms with van der Waals surface area (Å²) in [4.78, 5) is 30.5. The molecule has 32 heavy (non-hydrogen) atoms. The number of nitrogens with zero attached hydrogens (tertiary/aromatic N) is 4. The van der Waals surface area contributed by atoms with E-state index in [1.54, 1.807) is 55.5 Å². The van der Waals surface area contributed by atoms with Crippen molar-refractivity contribution in [3.05, 3.63) is 95.6 Å². The summed E-state index contributed by atoms with van der Waals surface area (Å²) in [7, 11) is 0. The third-order valence-corrected chi connectivity index (χ3v) is 5.92. The fourth-order valence-corrected chi connectivity index (χ4v) is 4.04. The lowest BCUT2D eigenvalue weighted by Crippen LogP contribution is -2.34. The minimum absolute atomic E-state index is 0.0826. The number of para-hydroxylation sites is 2. The van der Waals surface area contributed by atoms with Gasteiger partial charge in [0.15, 0.2) is 5.65 Å². The van der Waals surface area contributed by atoms with Gasteiger partial charge in [-0.2, -0.15) is 5.26 Å². The van der Waals surface area contributed by atoms with E-state index in [1.165, 1.54) is 15.2 Å². The number of fused-ring (bicyclic) bond motifs is 3. The molecular formula is C23H14BrN5O3. The van der Waals surface area contributed by atoms with E-state index in [2.05, 4.69) is 32.1 Å². The van der Waals surface area contributed by atoms with Gasteiger partial charge >= 0.3 is 0 Å². The Morgan fingerprint density at radius 1 is 1.16 bits per heavy atom. The van der Waals surface area contributed by atoms with E-state index < -0.39 is 11.1 Å². The molecule has 0 bridgehead atoms. The van der Waals surface area contributed by atoms with Crippen LogP contribution >= 0.6 is 15.9 Å². The van der Waals surface area contributed by atoms with Gasteiger partial charge in [0.25, 0.3) is 11.1 Å². The molecule has 0 amide bonds. The van der Waals surface area contributed by atoms with Crippen LogP contribution in [0.4, 0.5) is 0 Å². The second-order valence-corrected chi connectivity index (χ2v) is 8.14. The first-order valence-corrected chi connectivity index (χ1v) is 10.4. The maximum absolute atomic E-state index is 13.4. The second kappa shape index (κ2) is 7.21. The number of aromatic amines is 1. The number of rotatable bonds is 2. The topological polar surface area (TPSA) is 116 Å². The Labute approximate surface area is 188 Å². The Kier molecular flexibility index (Phi) is 4.46. The summed E-state index contributed by atoms with van der Waals surface area (Å²) in [5.41, 5.74) is 1.48. The van der Waals surface area contributed by atoms with E-state index in [0.717, 1.165) is 4.47 Å². The molecule has 3 aromatic heterocycles. The van der Waals surface area contributed by atoms with Gasteiger partial charge in [-0.05, 0) is 55.0 Å². The van der Waals surface area contributed by atoms with E-state index in [-0.39, 0.29) is 27.9 Å². The van der Waals surface area contributed by atoms with Crippen molar-refractivity contribution < 1.29 is 5.11 Å². The molecule has 2 aromatic carbocycles. The van der Waals surface area contributed by atoms with Crippen LogP contribution in [0.25, 0.3) is 28.4 Å². The summed E-state index contributed by atoms with van der Waals surface area (Å²) in [6.45, 7) is 1.63. The van der Waals surface area contributed by atoms with Crippen molar-refractivity contribution in [1.82, 2.24) is 19.2 Å². The van der Waals surface area contributed by atoms with E-state index in [0.29, 0.717) is 22.3 Å². The molecule has 5 aromatic rings. The van der Waals surface area contributed by atoms with Crippen molar-refractivity contribution in [2.75, 3.05) is 0 Å². The van der Waals surface area contributed by atoms with Crippen molar-refractivity contribution in [3.8, 4) is 17.6 Å². The van der Waals surface area contributed by atoms with Gasteiger partial charge in [-0.1, -0.05) is 28.1 Å². The number of pyridine rings is 1. The maximum Gasteiger partial charge on any atom is 0.275 e. The zero-order valence-corrected chi connectivity index (χ0v) is 18.2. The van der Waals surface area contributed by atoms with E-state index in [4.69, 9.17) is 0 Å². The molecule has 0 radical (unpaired) electrons. The van der Waals surface area contributed by atoms with Crippen molar-refractivity contribution in [2.24, 2.45) is 0 Å². The van der Waals surface area contributed by atoms with Crippen LogP contribution in [-0.4, -0.2) is 24.3 Å². The number of aromatic nitrogens is 4. The Balaban J connectivity index is 1.85. The number of hydrogen-bond donors (Lipinski definition) is 2. The standard InChI is InChI=1S/C23H14BrN5O3/c1-12-15(10-16-21(30)27-29(23(16)32)14-8-6-13(24)7-9-14)22(31)28-19-5-3-2-4-18(19)26-20(28)17(12)11-25/h2-10,32H,1H3,(H,27,30). The van der Waals surface area contributed by atoms with Crippen LogP contribution in [0.3, 0.4) is 0 Å². The van der Waals surface area contributed by atoms with Crippen LogP contribution in [0, 0.1) is 18.3 Å². The normalized spacial score (nSPS) is 12.0. The van der Waals surface area contributed by atoms with Gasteiger partial charge < -0.3 is 5.11 Å². The van der Waals surface area contributed by atoms with Gasteiger partial charge in [-0.25, -0.2) is 9.67 Å². The quantitative estimate of drug-likeness (QED) is 0.396. The van der Waals surface area contributed by atoms with Gasteiger partial charge in [-0.15, -0.1) is 0 Å². The lowest BCUT2D eigenvalue weighted by atomic mass is 10.1. The van der Waals surface area contributed by atoms with Gasteiger partial charge in [0.2, 0.25) is 5.88 Å². The van der Waals surface area contributed by atoms with Crippen molar-refractivity contribution in [2.45, 2.75) is 6.92 Å². The fraction of sp³-hybridized carbons (Fsp3) is 0.0435. The lowest BCUT2D eigenvalue weighted by Gasteiger charge is -2.04. The van der Waals surface area contributed by atoms with Crippen LogP contribution in [0.2, 0.25) is 0 Å². The molecule has 156 valence electrons. The zero-order chi connectivity index (χ0) is 22.6. The fourth-order valence-electron chi connectivity index (χ4n) is 3.77. The number of halogens is 1. The van der Waals surface area contributed by atoms with Crippen LogP contribution in [0.15, 0.2) is 62.6 Å². The highest BCUT2D eigenvalue weighted by Crippen LogP contribution is 2.21. The van der Waals surface area contributed by atoms with Crippen LogP contribution < -0.4 is 16.3 Å². The number of imidazole rings is 1. The highest BCUT2D eigenvalue weighted by atomic mass is 79.9. The highest BCUT2D eigenvalue weighted by molar-refractivity contribution is 9.10. The minimum atomic E-state index is -0.571. The molecule has 8 nitrogen and oxygen atoms in total. The molecule has 0 saturated heterocycles. The van der Waals surface area contributed by atoms with Crippen molar-refractivity contribution in [1.29, 1.82) is 5.26 Å². The Hall–Kier alpha value is -4.16. The van der Waals surface area contributed by atoms with Crippen LogP contribution in [0.1, 0.15) is 16.7 Å². The average Bonchev–Trinajstić information content (AvgIpc) is 3.30. The first-order valence-electron chi connectivity index (χ1n) is 9.56. The summed E-state index contributed by atoms with van der Waals surface area (Å²) in [5.74, 6) is -0.342. The SMILES string of the molecule is Cc1c(C#N)c2nc3ccccc3n2c(=O)c1=Cc1c(O)n(-c2ccc(Br)cc2)[nH]c1=O. The molecule has 0 unspecified atom stereocenters. The Bertz CT molecular complexity index is 1760. The third-order valence-electron chi connectivity index (χ3n) is 5.39. The largest absolute Gasteiger partial charge is 0.493 e. The van der Waals surface area contributed by atoms with Crippen molar-refractivity contribution >= 4 is 38.7 Å². The molecule has 0 aliphatic carbocycles. The minimum Gasteiger partial charge on any atom is -0.493 e. The summed E-state index contributed by atoms with van der Waals surface area (Å²) < 4.78 is 3.44. The first kappa shape index (κ1) is 19.8.